The van der Waals surface area contributed by atoms with Crippen molar-refractivity contribution in [3.8, 4) is 11.1 Å². The molecule has 3 heterocycles. The Bertz CT molecular complexity index is 1890. The number of fused-ring (bicyclic) bond motifs is 4. The molecule has 0 saturated carbocycles. The molecule has 2 aliphatic rings. The van der Waals surface area contributed by atoms with Crippen molar-refractivity contribution < 1.29 is 49.8 Å². The van der Waals surface area contributed by atoms with Crippen molar-refractivity contribution >= 4 is 11.9 Å². The van der Waals surface area contributed by atoms with Crippen molar-refractivity contribution in [2.75, 3.05) is 19.6 Å². The average Bonchev–Trinajstić information content (AvgIpc) is 3.02. The van der Waals surface area contributed by atoms with E-state index in [9.17, 15) is 50.2 Å². The molecule has 0 unspecified atom stereocenters. The summed E-state index contributed by atoms with van der Waals surface area (Å²) in [5.41, 5.74) is -4.93. The number of aryl methyl sites for hydroxylation is 3. The van der Waals surface area contributed by atoms with E-state index in [-0.39, 0.29) is 48.8 Å². The highest BCUT2D eigenvalue weighted by molar-refractivity contribution is 5.82. The largest absolute Gasteiger partial charge is 0.481 e. The summed E-state index contributed by atoms with van der Waals surface area (Å²) in [7, 11) is 0. The van der Waals surface area contributed by atoms with Gasteiger partial charge in [-0.1, -0.05) is 25.7 Å². The predicted octanol–water partition coefficient (Wildman–Crippen LogP) is 7.94. The van der Waals surface area contributed by atoms with E-state index < -0.39 is 82.3 Å². The van der Waals surface area contributed by atoms with Gasteiger partial charge in [-0.05, 0) is 112 Å². The summed E-state index contributed by atoms with van der Waals surface area (Å²) in [5.74, 6) is -5.22. The summed E-state index contributed by atoms with van der Waals surface area (Å²) in [6.07, 6.45) is -7.70. The number of nitrogens with zero attached hydrogens (tertiary/aromatic N) is 3. The van der Waals surface area contributed by atoms with Crippen LogP contribution in [0.1, 0.15) is 103 Å². The van der Waals surface area contributed by atoms with Crippen molar-refractivity contribution in [3.05, 3.63) is 85.8 Å². The summed E-state index contributed by atoms with van der Waals surface area (Å²) in [4.78, 5) is 41.4. The first-order valence-corrected chi connectivity index (χ1v) is 17.6. The van der Waals surface area contributed by atoms with Crippen LogP contribution >= 0.6 is 0 Å². The molecule has 0 spiro atoms. The number of carboxylic acid groups (broad SMARTS) is 1. The highest BCUT2D eigenvalue weighted by Gasteiger charge is 2.39. The Hall–Kier alpha value is -4.34. The van der Waals surface area contributed by atoms with Gasteiger partial charge >= 0.3 is 18.3 Å². The van der Waals surface area contributed by atoms with Gasteiger partial charge in [-0.2, -0.15) is 31.4 Å². The Balaban J connectivity index is 1.64. The highest BCUT2D eigenvalue weighted by Crippen LogP contribution is 2.41. The minimum Gasteiger partial charge on any atom is -0.481 e. The van der Waals surface area contributed by atoms with Crippen LogP contribution in [0.15, 0.2) is 35.1 Å². The maximum absolute atomic E-state index is 15.9. The van der Waals surface area contributed by atoms with E-state index in [1.54, 1.807) is 0 Å². The number of rotatable bonds is 7. The monoisotopic (exact) mass is 756 g/mol. The zero-order chi connectivity index (χ0) is 38.7. The molecule has 8 nitrogen and oxygen atoms in total. The molecule has 2 aromatic carbocycles. The number of likely N-dealkylation sites (tertiary alicyclic amines) is 1. The Labute approximate surface area is 300 Å². The summed E-state index contributed by atoms with van der Waals surface area (Å²) in [6.45, 7) is 3.57. The lowest BCUT2D eigenvalue weighted by Gasteiger charge is -2.30. The number of carboxylic acids is 1. The van der Waals surface area contributed by atoms with Crippen LogP contribution in [0.5, 0.6) is 0 Å². The zero-order valence-corrected chi connectivity index (χ0v) is 29.0. The van der Waals surface area contributed by atoms with Gasteiger partial charge < -0.3 is 15.3 Å². The number of halogens is 8. The topological polar surface area (TPSA) is 105 Å². The van der Waals surface area contributed by atoms with E-state index in [1.807, 2.05) is 4.90 Å². The second-order valence-corrected chi connectivity index (χ2v) is 13.7. The second-order valence-electron chi connectivity index (χ2n) is 13.7. The van der Waals surface area contributed by atoms with Gasteiger partial charge in [0.15, 0.2) is 0 Å². The fourth-order valence-corrected chi connectivity index (χ4v) is 7.14. The number of aromatic nitrogens is 2. The lowest BCUT2D eigenvalue weighted by atomic mass is 9.87. The van der Waals surface area contributed by atoms with Gasteiger partial charge in [-0.15, -0.1) is 0 Å². The summed E-state index contributed by atoms with van der Waals surface area (Å²) < 4.78 is 116. The molecule has 1 saturated heterocycles. The smallest absolute Gasteiger partial charge is 0.419 e. The molecule has 3 aromatic rings. The Morgan fingerprint density at radius 3 is 2.23 bits per heavy atom. The van der Waals surface area contributed by atoms with Crippen LogP contribution in [0.3, 0.4) is 0 Å². The fourth-order valence-electron chi connectivity index (χ4n) is 7.14. The molecule has 53 heavy (non-hydrogen) atoms. The summed E-state index contributed by atoms with van der Waals surface area (Å²) >= 11 is 0. The molecule has 1 amide bonds. The molecule has 0 radical (unpaired) electrons. The van der Waals surface area contributed by atoms with Crippen molar-refractivity contribution in [3.63, 3.8) is 0 Å². The maximum atomic E-state index is 15.9. The van der Waals surface area contributed by atoms with Gasteiger partial charge in [-0.25, -0.2) is 13.5 Å². The minimum atomic E-state index is -5.27. The lowest BCUT2D eigenvalue weighted by molar-refractivity contribution is -0.140. The Kier molecular flexibility index (Phi) is 12.3. The molecular formula is C37H40F8N4O4. The molecule has 2 aliphatic heterocycles. The van der Waals surface area contributed by atoms with E-state index in [2.05, 4.69) is 10.4 Å². The number of nitrogens with one attached hydrogen (secondary N) is 1. The maximum Gasteiger partial charge on any atom is 0.419 e. The lowest BCUT2D eigenvalue weighted by Crippen LogP contribution is -2.42. The van der Waals surface area contributed by atoms with Gasteiger partial charge in [0.2, 0.25) is 5.91 Å². The van der Waals surface area contributed by atoms with Gasteiger partial charge in [0.1, 0.15) is 17.7 Å². The SMILES string of the molecule is Cc1cc(F)cc2c1-c1cc(c(F)c(C(F)(F)F)c1)[C@H](CC(=O)O)NC(=O)[C@@H](n1nc(CCCN3CCC3)c(C(F)(F)F)cc1=O)CCCCCCC2. The summed E-state index contributed by atoms with van der Waals surface area (Å²) in [6, 6.07) is 0.670. The third-order valence-electron chi connectivity index (χ3n) is 9.84. The van der Waals surface area contributed by atoms with Crippen LogP contribution in [-0.2, 0) is 34.8 Å². The molecule has 16 heteroatoms. The number of carbonyl (C=O) groups is 2. The first kappa shape index (κ1) is 39.9. The normalized spacial score (nSPS) is 19.3. The van der Waals surface area contributed by atoms with Crippen molar-refractivity contribution in [2.24, 2.45) is 0 Å². The minimum absolute atomic E-state index is 0.152. The molecule has 288 valence electrons. The van der Waals surface area contributed by atoms with Crippen molar-refractivity contribution in [2.45, 2.75) is 102 Å². The van der Waals surface area contributed by atoms with Gasteiger partial charge in [0.05, 0.1) is 29.3 Å². The van der Waals surface area contributed by atoms with Crippen molar-refractivity contribution in [1.29, 1.82) is 0 Å². The van der Waals surface area contributed by atoms with Crippen LogP contribution in [0, 0.1) is 18.6 Å². The van der Waals surface area contributed by atoms with Gasteiger partial charge in [0.25, 0.3) is 5.56 Å². The molecule has 0 aliphatic carbocycles. The number of benzene rings is 2. The highest BCUT2D eigenvalue weighted by atomic mass is 19.4. The molecule has 2 atom stereocenters. The number of hydrogen-bond donors (Lipinski definition) is 2. The van der Waals surface area contributed by atoms with E-state index in [1.165, 1.54) is 13.0 Å². The first-order chi connectivity index (χ1) is 24.9. The number of carbonyl (C=O) groups excluding carboxylic acids is 1. The molecule has 2 bridgehead atoms. The standard InChI is InChI=1S/C37H40F8N4O4/c1-21-15-24(38)16-22-9-5-3-2-4-6-11-30(49-31(50)19-26(36(40,41)42)28(47-49)10-7-12-48-13-8-14-48)35(53)46-29(20-32(51)52)25-17-23(33(21)22)18-27(34(25)39)37(43,44)45/h15-19,29-30H,2-14,20H2,1H3,(H,46,53)(H,51,52)/t29-,30-/m0/s1. The van der Waals surface area contributed by atoms with Crippen LogP contribution in [-0.4, -0.2) is 51.3 Å². The fraction of sp³-hybridized carbons (Fsp3) is 0.514. The van der Waals surface area contributed by atoms with Gasteiger partial charge in [-0.3, -0.25) is 14.4 Å². The molecule has 2 N–H and O–H groups in total. The molecule has 1 aromatic heterocycles. The summed E-state index contributed by atoms with van der Waals surface area (Å²) in [5, 5.41) is 16.1. The third kappa shape index (κ3) is 9.61. The molecular weight excluding hydrogens is 716 g/mol. The van der Waals surface area contributed by atoms with E-state index in [4.69, 9.17) is 0 Å². The first-order valence-electron chi connectivity index (χ1n) is 17.6. The second kappa shape index (κ2) is 16.4. The number of amides is 1. The molecule has 5 rings (SSSR count). The van der Waals surface area contributed by atoms with E-state index in [0.717, 1.165) is 31.6 Å². The van der Waals surface area contributed by atoms with Crippen LogP contribution in [0.25, 0.3) is 11.1 Å². The average molecular weight is 757 g/mol. The van der Waals surface area contributed by atoms with Crippen molar-refractivity contribution in [1.82, 2.24) is 20.0 Å². The third-order valence-corrected chi connectivity index (χ3v) is 9.84. The van der Waals surface area contributed by atoms with E-state index >= 15 is 4.39 Å². The number of alkyl halides is 6. The Morgan fingerprint density at radius 1 is 0.906 bits per heavy atom. The quantitative estimate of drug-likeness (QED) is 0.238. The van der Waals surface area contributed by atoms with Crippen LogP contribution in [0.4, 0.5) is 35.1 Å². The Morgan fingerprint density at radius 2 is 1.58 bits per heavy atom. The molecule has 1 fully saturated rings. The van der Waals surface area contributed by atoms with E-state index in [0.29, 0.717) is 54.6 Å². The predicted molar refractivity (Wildman–Crippen MR) is 178 cm³/mol. The number of hydrogen-bond acceptors (Lipinski definition) is 5. The zero-order valence-electron chi connectivity index (χ0n) is 29.0. The number of aliphatic carboxylic acids is 1. The van der Waals surface area contributed by atoms with Gasteiger partial charge in [0, 0.05) is 11.6 Å². The van der Waals surface area contributed by atoms with Crippen LogP contribution in [0.2, 0.25) is 0 Å². The van der Waals surface area contributed by atoms with Crippen LogP contribution < -0.4 is 10.9 Å².